The van der Waals surface area contributed by atoms with E-state index in [1.54, 1.807) is 32.0 Å². The molecule has 29 heavy (non-hydrogen) atoms. The number of methoxy groups -OCH3 is 1. The van der Waals surface area contributed by atoms with Gasteiger partial charge in [0.25, 0.3) is 0 Å². The minimum atomic E-state index is -0.721. The Morgan fingerprint density at radius 3 is 2.41 bits per heavy atom. The normalized spacial score (nSPS) is 16.1. The van der Waals surface area contributed by atoms with Gasteiger partial charge >= 0.3 is 11.9 Å². The number of hydrogen-bond acceptors (Lipinski definition) is 6. The smallest absolute Gasteiger partial charge is 0.336 e. The average molecular weight is 424 g/mol. The Morgan fingerprint density at radius 2 is 1.83 bits per heavy atom. The second-order valence-corrected chi connectivity index (χ2v) is 6.68. The van der Waals surface area contributed by atoms with Crippen molar-refractivity contribution < 1.29 is 23.8 Å². The molecule has 0 saturated heterocycles. The summed E-state index contributed by atoms with van der Waals surface area (Å²) in [7, 11) is 1.31. The summed E-state index contributed by atoms with van der Waals surface area (Å²) < 4.78 is 15.9. The highest BCUT2D eigenvalue weighted by Crippen LogP contribution is 2.41. The molecule has 6 nitrogen and oxygen atoms in total. The van der Waals surface area contributed by atoms with Gasteiger partial charge < -0.3 is 19.5 Å². The van der Waals surface area contributed by atoms with E-state index in [9.17, 15) is 9.59 Å². The maximum Gasteiger partial charge on any atom is 0.336 e. The number of esters is 2. The van der Waals surface area contributed by atoms with E-state index in [1.807, 2.05) is 13.0 Å². The Kier molecular flexibility index (Phi) is 9.92. The fraction of sp³-hybridized carbons (Fsp3) is 0.455. The van der Waals surface area contributed by atoms with E-state index in [0.29, 0.717) is 39.7 Å². The molecular formula is C22H30ClNO5. The predicted molar refractivity (Wildman–Crippen MR) is 114 cm³/mol. The van der Waals surface area contributed by atoms with Crippen molar-refractivity contribution >= 4 is 23.5 Å². The Labute approximate surface area is 177 Å². The summed E-state index contributed by atoms with van der Waals surface area (Å²) in [5, 5.41) is 3.58. The Balaban J connectivity index is 0.00000420. The molecule has 1 aromatic carbocycles. The molecule has 1 aliphatic rings. The first-order valence-corrected chi connectivity index (χ1v) is 9.62. The van der Waals surface area contributed by atoms with Gasteiger partial charge in [-0.3, -0.25) is 0 Å². The van der Waals surface area contributed by atoms with Gasteiger partial charge in [-0.05, 0) is 31.9 Å². The summed E-state index contributed by atoms with van der Waals surface area (Å²) in [5.74, 6) is -1.78. The fourth-order valence-corrected chi connectivity index (χ4v) is 3.42. The van der Waals surface area contributed by atoms with Crippen molar-refractivity contribution in [3.05, 3.63) is 57.4 Å². The molecule has 1 aromatic rings. The molecule has 0 amide bonds. The molecule has 1 atom stereocenters. The lowest BCUT2D eigenvalue weighted by Crippen LogP contribution is -2.34. The van der Waals surface area contributed by atoms with Crippen LogP contribution in [0.25, 0.3) is 0 Å². The summed E-state index contributed by atoms with van der Waals surface area (Å²) in [5.41, 5.74) is 2.39. The van der Waals surface area contributed by atoms with E-state index in [0.717, 1.165) is 6.42 Å². The van der Waals surface area contributed by atoms with Crippen LogP contribution in [0.3, 0.4) is 0 Å². The van der Waals surface area contributed by atoms with Crippen LogP contribution in [0.15, 0.2) is 46.8 Å². The zero-order valence-electron chi connectivity index (χ0n) is 16.6. The maximum atomic E-state index is 12.9. The Hall–Kier alpha value is -2.31. The lowest BCUT2D eigenvalue weighted by Gasteiger charge is -2.31. The molecule has 1 heterocycles. The van der Waals surface area contributed by atoms with Gasteiger partial charge in [-0.2, -0.15) is 0 Å². The number of nitrogens with one attached hydrogen (secondary N) is 1. The number of benzene rings is 1. The molecule has 1 N–H and O–H groups in total. The number of halogens is 1. The Bertz CT molecular complexity index is 800. The molecule has 160 valence electrons. The highest BCUT2D eigenvalue weighted by molar-refractivity contribution is 6.31. The minimum absolute atomic E-state index is 0. The van der Waals surface area contributed by atoms with E-state index in [-0.39, 0.29) is 20.6 Å². The van der Waals surface area contributed by atoms with Crippen LogP contribution >= 0.6 is 11.6 Å². The van der Waals surface area contributed by atoms with Gasteiger partial charge in [-0.1, -0.05) is 44.2 Å². The second-order valence-electron chi connectivity index (χ2n) is 6.28. The van der Waals surface area contributed by atoms with Gasteiger partial charge in [0.1, 0.15) is 0 Å². The number of hydrogen-bond donors (Lipinski definition) is 1. The number of carbonyl (C=O) groups excluding carboxylic acids is 2. The molecule has 0 radical (unpaired) electrons. The Morgan fingerprint density at radius 1 is 1.14 bits per heavy atom. The minimum Gasteiger partial charge on any atom is -0.466 e. The van der Waals surface area contributed by atoms with Crippen LogP contribution in [0.4, 0.5) is 0 Å². The molecule has 0 spiro atoms. The van der Waals surface area contributed by atoms with Crippen molar-refractivity contribution in [3.8, 4) is 0 Å². The van der Waals surface area contributed by atoms with Crippen LogP contribution in [0.5, 0.6) is 0 Å². The number of allylic oxidation sites excluding steroid dienone is 1. The predicted octanol–water partition coefficient (Wildman–Crippen LogP) is 4.35. The SMILES string of the molecule is C.CCCOCC1=C(C(=O)OCC)C(c2ccccc2Cl)C(C(=O)OC)=C(C)N1. The van der Waals surface area contributed by atoms with Crippen molar-refractivity contribution in [2.24, 2.45) is 0 Å². The number of dihydropyridines is 1. The highest BCUT2D eigenvalue weighted by Gasteiger charge is 2.39. The van der Waals surface area contributed by atoms with Crippen LogP contribution in [-0.4, -0.2) is 38.9 Å². The second kappa shape index (κ2) is 11.6. The number of ether oxygens (including phenoxy) is 3. The first-order valence-electron chi connectivity index (χ1n) is 9.24. The first-order chi connectivity index (χ1) is 13.5. The monoisotopic (exact) mass is 423 g/mol. The van der Waals surface area contributed by atoms with E-state index < -0.39 is 17.9 Å². The maximum absolute atomic E-state index is 12.9. The molecule has 0 aromatic heterocycles. The lowest BCUT2D eigenvalue weighted by molar-refractivity contribution is -0.139. The van der Waals surface area contributed by atoms with Crippen LogP contribution in [0, 0.1) is 0 Å². The molecule has 0 fully saturated rings. The van der Waals surface area contributed by atoms with Gasteiger partial charge in [-0.15, -0.1) is 0 Å². The third-order valence-electron chi connectivity index (χ3n) is 4.36. The van der Waals surface area contributed by atoms with Crippen molar-refractivity contribution in [2.45, 2.75) is 40.5 Å². The van der Waals surface area contributed by atoms with Gasteiger partial charge in [0.2, 0.25) is 0 Å². The topological polar surface area (TPSA) is 73.9 Å². The number of carbonyl (C=O) groups is 2. The fourth-order valence-electron chi connectivity index (χ4n) is 3.18. The van der Waals surface area contributed by atoms with Crippen molar-refractivity contribution in [1.82, 2.24) is 5.32 Å². The summed E-state index contributed by atoms with van der Waals surface area (Å²) in [6.07, 6.45) is 0.845. The molecule has 0 aliphatic carbocycles. The van der Waals surface area contributed by atoms with Crippen molar-refractivity contribution in [1.29, 1.82) is 0 Å². The summed E-state index contributed by atoms with van der Waals surface area (Å²) in [4.78, 5) is 25.5. The summed E-state index contributed by atoms with van der Waals surface area (Å²) >= 11 is 6.44. The lowest BCUT2D eigenvalue weighted by atomic mass is 9.80. The quantitative estimate of drug-likeness (QED) is 0.494. The highest BCUT2D eigenvalue weighted by atomic mass is 35.5. The summed E-state index contributed by atoms with van der Waals surface area (Å²) in [6.45, 7) is 6.44. The summed E-state index contributed by atoms with van der Waals surface area (Å²) in [6, 6.07) is 7.11. The van der Waals surface area contributed by atoms with Gasteiger partial charge in [0, 0.05) is 17.3 Å². The third kappa shape index (κ3) is 5.61. The van der Waals surface area contributed by atoms with E-state index in [2.05, 4.69) is 5.32 Å². The molecule has 2 rings (SSSR count). The van der Waals surface area contributed by atoms with Crippen molar-refractivity contribution in [2.75, 3.05) is 26.9 Å². The molecule has 0 bridgehead atoms. The van der Waals surface area contributed by atoms with Crippen LogP contribution in [0.1, 0.15) is 46.1 Å². The zero-order chi connectivity index (χ0) is 20.7. The molecule has 1 aliphatic heterocycles. The van der Waals surface area contributed by atoms with Crippen LogP contribution < -0.4 is 5.32 Å². The van der Waals surface area contributed by atoms with Gasteiger partial charge in [0.15, 0.2) is 0 Å². The number of rotatable bonds is 8. The molecular weight excluding hydrogens is 394 g/mol. The standard InChI is InChI=1S/C21H26ClNO5.CH4/c1-5-11-27-12-16-19(21(25)28-6-2)18(14-9-7-8-10-15(14)22)17(13(3)23-16)20(24)26-4;/h7-10,18,23H,5-6,11-12H2,1-4H3;1H4. The first kappa shape index (κ1) is 24.7. The average Bonchev–Trinajstić information content (AvgIpc) is 2.67. The van der Waals surface area contributed by atoms with Gasteiger partial charge in [-0.25, -0.2) is 9.59 Å². The van der Waals surface area contributed by atoms with Crippen molar-refractivity contribution in [3.63, 3.8) is 0 Å². The van der Waals surface area contributed by atoms with E-state index >= 15 is 0 Å². The third-order valence-corrected chi connectivity index (χ3v) is 4.70. The molecule has 0 saturated carbocycles. The largest absolute Gasteiger partial charge is 0.466 e. The van der Waals surface area contributed by atoms with Crippen LogP contribution in [0.2, 0.25) is 5.02 Å². The van der Waals surface area contributed by atoms with E-state index in [4.69, 9.17) is 25.8 Å². The van der Waals surface area contributed by atoms with Crippen LogP contribution in [-0.2, 0) is 23.8 Å². The zero-order valence-corrected chi connectivity index (χ0v) is 17.4. The molecule has 1 unspecified atom stereocenters. The molecule has 7 heteroatoms. The van der Waals surface area contributed by atoms with Gasteiger partial charge in [0.05, 0.1) is 43.1 Å². The van der Waals surface area contributed by atoms with E-state index in [1.165, 1.54) is 7.11 Å².